The van der Waals surface area contributed by atoms with E-state index in [-0.39, 0.29) is 12.0 Å². The molecule has 0 aliphatic heterocycles. The van der Waals surface area contributed by atoms with Gasteiger partial charge in [-0.05, 0) is 51.9 Å². The number of ether oxygens (including phenoxy) is 1. The highest BCUT2D eigenvalue weighted by Crippen LogP contribution is 2.26. The van der Waals surface area contributed by atoms with Gasteiger partial charge in [0.05, 0.1) is 4.47 Å². The Morgan fingerprint density at radius 2 is 2.00 bits per heavy atom. The van der Waals surface area contributed by atoms with Crippen molar-refractivity contribution in [1.29, 1.82) is 0 Å². The van der Waals surface area contributed by atoms with E-state index in [0.29, 0.717) is 12.5 Å². The lowest BCUT2D eigenvalue weighted by molar-refractivity contribution is 0.101. The molecule has 120 valence electrons. The molecule has 1 aromatic rings. The third kappa shape index (κ3) is 6.37. The summed E-state index contributed by atoms with van der Waals surface area (Å²) in [5.41, 5.74) is 1.40. The Morgan fingerprint density at radius 1 is 1.33 bits per heavy atom. The minimum Gasteiger partial charge on any atom is -0.490 e. The molecule has 0 spiro atoms. The fourth-order valence-corrected chi connectivity index (χ4v) is 2.34. The van der Waals surface area contributed by atoms with Gasteiger partial charge in [0.15, 0.2) is 0 Å². The van der Waals surface area contributed by atoms with Crippen LogP contribution in [-0.2, 0) is 0 Å². The Hall–Kier alpha value is -0.580. The van der Waals surface area contributed by atoms with Crippen LogP contribution in [0.4, 0.5) is 0 Å². The third-order valence-electron chi connectivity index (χ3n) is 4.04. The van der Waals surface area contributed by atoms with E-state index in [2.05, 4.69) is 48.9 Å². The number of nitrogens with one attached hydrogen (secondary N) is 1. The number of aliphatic hydroxyl groups is 1. The van der Waals surface area contributed by atoms with Gasteiger partial charge in [-0.3, -0.25) is 0 Å². The van der Waals surface area contributed by atoms with Crippen LogP contribution in [0, 0.1) is 18.3 Å². The number of halogens is 1. The van der Waals surface area contributed by atoms with Crippen LogP contribution in [0.25, 0.3) is 0 Å². The Bertz CT molecular complexity index is 446. The van der Waals surface area contributed by atoms with Crippen molar-refractivity contribution in [3.05, 3.63) is 28.2 Å². The molecule has 0 amide bonds. The van der Waals surface area contributed by atoms with E-state index in [1.807, 2.05) is 25.1 Å². The van der Waals surface area contributed by atoms with Crippen LogP contribution in [0.2, 0.25) is 0 Å². The van der Waals surface area contributed by atoms with Gasteiger partial charge in [-0.15, -0.1) is 0 Å². The lowest BCUT2D eigenvalue weighted by Crippen LogP contribution is -2.39. The van der Waals surface area contributed by atoms with Crippen LogP contribution < -0.4 is 10.1 Å². The lowest BCUT2D eigenvalue weighted by Gasteiger charge is -2.30. The average Bonchev–Trinajstić information content (AvgIpc) is 2.37. The molecule has 2 N–H and O–H groups in total. The normalized spacial score (nSPS) is 13.5. The van der Waals surface area contributed by atoms with Gasteiger partial charge in [-0.25, -0.2) is 0 Å². The molecule has 3 nitrogen and oxygen atoms in total. The number of aryl methyl sites for hydroxylation is 1. The van der Waals surface area contributed by atoms with Gasteiger partial charge in [0, 0.05) is 13.1 Å². The molecule has 1 aromatic carbocycles. The van der Waals surface area contributed by atoms with Crippen LogP contribution in [0.3, 0.4) is 0 Å². The highest BCUT2D eigenvalue weighted by Gasteiger charge is 2.22. The minimum absolute atomic E-state index is 0.223. The van der Waals surface area contributed by atoms with Gasteiger partial charge in [0.2, 0.25) is 0 Å². The molecule has 1 rings (SSSR count). The number of hydrogen-bond donors (Lipinski definition) is 2. The standard InChI is InChI=1S/C17H28BrNO2/c1-12(2)17(4,5)11-19-9-14(20)10-21-16-7-6-13(3)8-15(16)18/h6-8,12,14,19-20H,9-11H2,1-5H3. The summed E-state index contributed by atoms with van der Waals surface area (Å²) < 4.78 is 6.57. The SMILES string of the molecule is Cc1ccc(OCC(O)CNCC(C)(C)C(C)C)c(Br)c1. The van der Waals surface area contributed by atoms with Crippen LogP contribution in [0.1, 0.15) is 33.3 Å². The molecule has 0 heterocycles. The van der Waals surface area contributed by atoms with Gasteiger partial charge in [0.1, 0.15) is 18.5 Å². The minimum atomic E-state index is -0.513. The van der Waals surface area contributed by atoms with Crippen molar-refractivity contribution in [1.82, 2.24) is 5.32 Å². The summed E-state index contributed by atoms with van der Waals surface area (Å²) in [6.45, 7) is 12.6. The summed E-state index contributed by atoms with van der Waals surface area (Å²) >= 11 is 3.47. The maximum Gasteiger partial charge on any atom is 0.133 e. The number of hydrogen-bond acceptors (Lipinski definition) is 3. The molecule has 1 atom stereocenters. The highest BCUT2D eigenvalue weighted by atomic mass is 79.9. The average molecular weight is 358 g/mol. The maximum atomic E-state index is 9.99. The molecule has 0 aliphatic carbocycles. The Labute approximate surface area is 137 Å². The van der Waals surface area contributed by atoms with Crippen molar-refractivity contribution in [3.8, 4) is 5.75 Å². The van der Waals surface area contributed by atoms with E-state index < -0.39 is 6.10 Å². The van der Waals surface area contributed by atoms with Gasteiger partial charge in [-0.2, -0.15) is 0 Å². The summed E-state index contributed by atoms with van der Waals surface area (Å²) in [7, 11) is 0. The molecule has 1 unspecified atom stereocenters. The molecule has 0 aromatic heterocycles. The summed E-state index contributed by atoms with van der Waals surface area (Å²) in [6, 6.07) is 5.92. The third-order valence-corrected chi connectivity index (χ3v) is 4.66. The van der Waals surface area contributed by atoms with E-state index in [4.69, 9.17) is 4.74 Å². The van der Waals surface area contributed by atoms with Crippen molar-refractivity contribution in [3.63, 3.8) is 0 Å². The van der Waals surface area contributed by atoms with E-state index in [9.17, 15) is 5.11 Å². The first kappa shape index (κ1) is 18.5. The Morgan fingerprint density at radius 3 is 2.57 bits per heavy atom. The summed E-state index contributed by atoms with van der Waals surface area (Å²) in [5.74, 6) is 1.36. The van der Waals surface area contributed by atoms with Crippen LogP contribution in [-0.4, -0.2) is 30.9 Å². The number of benzene rings is 1. The van der Waals surface area contributed by atoms with Crippen LogP contribution in [0.15, 0.2) is 22.7 Å². The Kier molecular flexibility index (Phi) is 7.17. The first-order valence-corrected chi connectivity index (χ1v) is 8.29. The van der Waals surface area contributed by atoms with E-state index in [0.717, 1.165) is 16.8 Å². The van der Waals surface area contributed by atoms with Gasteiger partial charge in [0.25, 0.3) is 0 Å². The largest absolute Gasteiger partial charge is 0.490 e. The zero-order valence-electron chi connectivity index (χ0n) is 13.7. The lowest BCUT2D eigenvalue weighted by atomic mass is 9.81. The maximum absolute atomic E-state index is 9.99. The fraction of sp³-hybridized carbons (Fsp3) is 0.647. The van der Waals surface area contributed by atoms with Gasteiger partial charge < -0.3 is 15.2 Å². The highest BCUT2D eigenvalue weighted by molar-refractivity contribution is 9.10. The zero-order valence-corrected chi connectivity index (χ0v) is 15.3. The molecule has 4 heteroatoms. The molecule has 0 saturated carbocycles. The summed E-state index contributed by atoms with van der Waals surface area (Å²) in [4.78, 5) is 0. The summed E-state index contributed by atoms with van der Waals surface area (Å²) in [5, 5.41) is 13.3. The predicted molar refractivity (Wildman–Crippen MR) is 91.9 cm³/mol. The van der Waals surface area contributed by atoms with E-state index >= 15 is 0 Å². The monoisotopic (exact) mass is 357 g/mol. The van der Waals surface area contributed by atoms with E-state index in [1.54, 1.807) is 0 Å². The zero-order chi connectivity index (χ0) is 16.0. The van der Waals surface area contributed by atoms with Crippen LogP contribution >= 0.6 is 15.9 Å². The molecular formula is C17H28BrNO2. The second kappa shape index (κ2) is 8.16. The topological polar surface area (TPSA) is 41.5 Å². The number of aliphatic hydroxyl groups excluding tert-OH is 1. The molecule has 0 fully saturated rings. The molecule has 21 heavy (non-hydrogen) atoms. The molecule has 0 bridgehead atoms. The van der Waals surface area contributed by atoms with Crippen molar-refractivity contribution in [2.45, 2.75) is 40.7 Å². The second-order valence-electron chi connectivity index (χ2n) is 6.67. The molecule has 0 radical (unpaired) electrons. The van der Waals surface area contributed by atoms with E-state index in [1.165, 1.54) is 5.56 Å². The van der Waals surface area contributed by atoms with Gasteiger partial charge in [-0.1, -0.05) is 33.8 Å². The molecule has 0 saturated heterocycles. The fourth-order valence-electron chi connectivity index (χ4n) is 1.73. The van der Waals surface area contributed by atoms with Crippen LogP contribution in [0.5, 0.6) is 5.75 Å². The number of rotatable bonds is 8. The molecule has 0 aliphatic rings. The van der Waals surface area contributed by atoms with Crippen molar-refractivity contribution in [2.24, 2.45) is 11.3 Å². The van der Waals surface area contributed by atoms with Crippen molar-refractivity contribution >= 4 is 15.9 Å². The first-order chi connectivity index (χ1) is 9.72. The first-order valence-electron chi connectivity index (χ1n) is 7.50. The summed E-state index contributed by atoms with van der Waals surface area (Å²) in [6.07, 6.45) is -0.513. The molecular weight excluding hydrogens is 330 g/mol. The van der Waals surface area contributed by atoms with Crippen molar-refractivity contribution < 1.29 is 9.84 Å². The Balaban J connectivity index is 2.33. The second-order valence-corrected chi connectivity index (χ2v) is 7.53. The smallest absolute Gasteiger partial charge is 0.133 e. The van der Waals surface area contributed by atoms with Gasteiger partial charge >= 0.3 is 0 Å². The van der Waals surface area contributed by atoms with Crippen molar-refractivity contribution in [2.75, 3.05) is 19.7 Å². The predicted octanol–water partition coefficient (Wildman–Crippen LogP) is 3.77. The quantitative estimate of drug-likeness (QED) is 0.743.